The SMILES string of the molecule is [C-]#[N+]c1cccc(-n2c3ccccc3c3ccccc32)c1-c1ccc2sc3c4c(ccc3c2c1)C(C)(C)c1ccccc1-4. The van der Waals surface area contributed by atoms with Crippen LogP contribution < -0.4 is 0 Å². The van der Waals surface area contributed by atoms with Crippen molar-refractivity contribution >= 4 is 59.0 Å². The van der Waals surface area contributed by atoms with E-state index in [1.54, 1.807) is 0 Å². The molecule has 0 amide bonds. The fraction of sp³-hybridized carbons (Fsp3) is 0.0750. The van der Waals surface area contributed by atoms with Gasteiger partial charge in [0.15, 0.2) is 5.69 Å². The number of nitrogens with zero attached hydrogens (tertiary/aromatic N) is 2. The number of thiophene rings is 1. The van der Waals surface area contributed by atoms with Gasteiger partial charge in [0.2, 0.25) is 0 Å². The van der Waals surface area contributed by atoms with Crippen LogP contribution in [0.2, 0.25) is 0 Å². The lowest BCUT2D eigenvalue weighted by Gasteiger charge is -2.21. The van der Waals surface area contributed by atoms with Crippen molar-refractivity contribution in [2.45, 2.75) is 19.3 Å². The fourth-order valence-electron chi connectivity index (χ4n) is 7.46. The van der Waals surface area contributed by atoms with E-state index < -0.39 is 0 Å². The molecule has 0 saturated heterocycles. The summed E-state index contributed by atoms with van der Waals surface area (Å²) in [4.78, 5) is 4.04. The van der Waals surface area contributed by atoms with E-state index in [0.29, 0.717) is 5.69 Å². The molecule has 0 saturated carbocycles. The summed E-state index contributed by atoms with van der Waals surface area (Å²) >= 11 is 1.89. The van der Waals surface area contributed by atoms with E-state index in [0.717, 1.165) is 27.8 Å². The standard InChI is InChI=1S/C40H26N2S/c1-40(2)30-14-7-4-13-28(30)38-31(40)21-20-27-29-23-24(19-22-36(29)43-39(27)38)37-32(41-3)15-10-18-35(37)42-33-16-8-5-11-25(33)26-12-6-9-17-34(26)42/h4-23H,1-2H3. The molecule has 0 atom stereocenters. The van der Waals surface area contributed by atoms with Gasteiger partial charge in [0, 0.05) is 53.2 Å². The maximum absolute atomic E-state index is 8.15. The van der Waals surface area contributed by atoms with Crippen LogP contribution in [0, 0.1) is 6.57 Å². The van der Waals surface area contributed by atoms with Gasteiger partial charge in [-0.2, -0.15) is 0 Å². The van der Waals surface area contributed by atoms with Crippen molar-refractivity contribution in [1.29, 1.82) is 0 Å². The van der Waals surface area contributed by atoms with Gasteiger partial charge < -0.3 is 4.57 Å². The second kappa shape index (κ2) is 8.67. The predicted molar refractivity (Wildman–Crippen MR) is 183 cm³/mol. The average Bonchev–Trinajstić information content (AvgIpc) is 3.66. The maximum atomic E-state index is 8.15. The van der Waals surface area contributed by atoms with Gasteiger partial charge in [-0.15, -0.1) is 11.3 Å². The van der Waals surface area contributed by atoms with Crippen LogP contribution in [0.3, 0.4) is 0 Å². The van der Waals surface area contributed by atoms with E-state index in [1.165, 1.54) is 53.2 Å². The Hall–Kier alpha value is -5.17. The summed E-state index contributed by atoms with van der Waals surface area (Å²) in [7, 11) is 0. The molecule has 1 aliphatic rings. The second-order valence-corrected chi connectivity index (χ2v) is 13.1. The van der Waals surface area contributed by atoms with Crippen LogP contribution in [0.5, 0.6) is 0 Å². The molecule has 0 bridgehead atoms. The molecule has 2 nitrogen and oxygen atoms in total. The summed E-state index contributed by atoms with van der Waals surface area (Å²) in [6, 6.07) is 43.5. The monoisotopic (exact) mass is 566 g/mol. The number of benzene rings is 6. The van der Waals surface area contributed by atoms with Crippen molar-refractivity contribution in [2.24, 2.45) is 0 Å². The van der Waals surface area contributed by atoms with Crippen LogP contribution in [0.25, 0.3) is 74.8 Å². The highest BCUT2D eigenvalue weighted by atomic mass is 32.1. The third-order valence-electron chi connectivity index (χ3n) is 9.43. The second-order valence-electron chi connectivity index (χ2n) is 12.0. The van der Waals surface area contributed by atoms with E-state index in [4.69, 9.17) is 6.57 Å². The van der Waals surface area contributed by atoms with E-state index in [-0.39, 0.29) is 5.41 Å². The first kappa shape index (κ1) is 24.4. The molecule has 202 valence electrons. The fourth-order valence-corrected chi connectivity index (χ4v) is 8.71. The summed E-state index contributed by atoms with van der Waals surface area (Å²) in [6.45, 7) is 12.8. The summed E-state index contributed by atoms with van der Waals surface area (Å²) in [5, 5.41) is 4.96. The highest BCUT2D eigenvalue weighted by Crippen LogP contribution is 2.54. The van der Waals surface area contributed by atoms with Crippen LogP contribution in [0.4, 0.5) is 5.69 Å². The molecule has 6 aromatic carbocycles. The van der Waals surface area contributed by atoms with Crippen LogP contribution in [0.15, 0.2) is 121 Å². The molecule has 2 heterocycles. The number of para-hydroxylation sites is 2. The molecule has 1 aliphatic carbocycles. The molecule has 2 aromatic heterocycles. The Bertz CT molecular complexity index is 2450. The molecule has 0 aliphatic heterocycles. The Morgan fingerprint density at radius 2 is 1.35 bits per heavy atom. The Labute approximate surface area is 253 Å². The van der Waals surface area contributed by atoms with E-state index in [9.17, 15) is 0 Å². The number of fused-ring (bicyclic) bond motifs is 10. The predicted octanol–water partition coefficient (Wildman–Crippen LogP) is 11.7. The van der Waals surface area contributed by atoms with Crippen molar-refractivity contribution in [2.75, 3.05) is 0 Å². The van der Waals surface area contributed by atoms with Gasteiger partial charge in [0.1, 0.15) is 0 Å². The van der Waals surface area contributed by atoms with Crippen molar-refractivity contribution < 1.29 is 0 Å². The quantitative estimate of drug-likeness (QED) is 0.184. The lowest BCUT2D eigenvalue weighted by Crippen LogP contribution is -2.14. The molecular weight excluding hydrogens is 541 g/mol. The van der Waals surface area contributed by atoms with Crippen LogP contribution in [-0.4, -0.2) is 4.57 Å². The molecule has 0 fully saturated rings. The molecule has 9 rings (SSSR count). The zero-order chi connectivity index (χ0) is 28.9. The molecule has 0 spiro atoms. The number of rotatable bonds is 2. The first-order valence-electron chi connectivity index (χ1n) is 14.7. The van der Waals surface area contributed by atoms with Gasteiger partial charge in [-0.25, -0.2) is 4.85 Å². The van der Waals surface area contributed by atoms with Crippen LogP contribution >= 0.6 is 11.3 Å². The van der Waals surface area contributed by atoms with Crippen LogP contribution in [-0.2, 0) is 5.41 Å². The topological polar surface area (TPSA) is 9.29 Å². The zero-order valence-corrected chi connectivity index (χ0v) is 24.7. The molecular formula is C40H26N2S. The first-order chi connectivity index (χ1) is 21.1. The Morgan fingerprint density at radius 1 is 0.628 bits per heavy atom. The molecule has 8 aromatic rings. The van der Waals surface area contributed by atoms with Gasteiger partial charge >= 0.3 is 0 Å². The molecule has 43 heavy (non-hydrogen) atoms. The Morgan fingerprint density at radius 3 is 2.12 bits per heavy atom. The van der Waals surface area contributed by atoms with Gasteiger partial charge in [0.05, 0.1) is 17.6 Å². The zero-order valence-electron chi connectivity index (χ0n) is 23.8. The Kier molecular flexibility index (Phi) is 4.93. The van der Waals surface area contributed by atoms with Crippen LogP contribution in [0.1, 0.15) is 25.0 Å². The molecule has 0 unspecified atom stereocenters. The van der Waals surface area contributed by atoms with E-state index >= 15 is 0 Å². The highest BCUT2D eigenvalue weighted by Gasteiger charge is 2.36. The minimum Gasteiger partial charge on any atom is -0.310 e. The third kappa shape index (κ3) is 3.22. The maximum Gasteiger partial charge on any atom is 0.196 e. The van der Waals surface area contributed by atoms with Gasteiger partial charge in [-0.1, -0.05) is 105 Å². The molecule has 0 N–H and O–H groups in total. The smallest absolute Gasteiger partial charge is 0.196 e. The van der Waals surface area contributed by atoms with Crippen molar-refractivity contribution in [3.8, 4) is 27.9 Å². The number of hydrogen-bond donors (Lipinski definition) is 0. The molecule has 0 radical (unpaired) electrons. The lowest BCUT2D eigenvalue weighted by atomic mass is 9.82. The largest absolute Gasteiger partial charge is 0.310 e. The highest BCUT2D eigenvalue weighted by molar-refractivity contribution is 7.26. The average molecular weight is 567 g/mol. The summed E-state index contributed by atoms with van der Waals surface area (Å²) < 4.78 is 4.95. The van der Waals surface area contributed by atoms with Crippen molar-refractivity contribution in [3.05, 3.63) is 144 Å². The number of hydrogen-bond acceptors (Lipinski definition) is 1. The van der Waals surface area contributed by atoms with E-state index in [1.807, 2.05) is 23.5 Å². The third-order valence-corrected chi connectivity index (χ3v) is 10.6. The minimum absolute atomic E-state index is 0.0206. The van der Waals surface area contributed by atoms with E-state index in [2.05, 4.69) is 132 Å². The summed E-state index contributed by atoms with van der Waals surface area (Å²) in [5.74, 6) is 0. The first-order valence-corrected chi connectivity index (χ1v) is 15.5. The summed E-state index contributed by atoms with van der Waals surface area (Å²) in [6.07, 6.45) is 0. The normalized spacial score (nSPS) is 13.5. The van der Waals surface area contributed by atoms with Gasteiger partial charge in [-0.05, 0) is 52.6 Å². The summed E-state index contributed by atoms with van der Waals surface area (Å²) in [5.41, 5.74) is 11.5. The van der Waals surface area contributed by atoms with Gasteiger partial charge in [0.25, 0.3) is 0 Å². The van der Waals surface area contributed by atoms with Crippen molar-refractivity contribution in [3.63, 3.8) is 0 Å². The van der Waals surface area contributed by atoms with Gasteiger partial charge in [-0.3, -0.25) is 0 Å². The minimum atomic E-state index is -0.0206. The lowest BCUT2D eigenvalue weighted by molar-refractivity contribution is 0.661. The number of aromatic nitrogens is 1. The molecule has 3 heteroatoms. The Balaban J connectivity index is 1.33. The van der Waals surface area contributed by atoms with Crippen molar-refractivity contribution in [1.82, 2.24) is 4.57 Å².